The quantitative estimate of drug-likeness (QED) is 0.598. The summed E-state index contributed by atoms with van der Waals surface area (Å²) in [5.41, 5.74) is 2.27. The number of nitrogens with zero attached hydrogens (tertiary/aromatic N) is 1. The van der Waals surface area contributed by atoms with Crippen molar-refractivity contribution >= 4 is 10.9 Å². The molecule has 0 spiro atoms. The van der Waals surface area contributed by atoms with Crippen molar-refractivity contribution in [3.63, 3.8) is 0 Å². The van der Waals surface area contributed by atoms with E-state index >= 15 is 0 Å². The number of aromatic nitrogens is 1. The van der Waals surface area contributed by atoms with Gasteiger partial charge < -0.3 is 9.47 Å². The fourth-order valence-corrected chi connectivity index (χ4v) is 2.14. The van der Waals surface area contributed by atoms with Crippen LogP contribution >= 0.6 is 0 Å². The molecule has 3 heteroatoms. The van der Waals surface area contributed by atoms with Gasteiger partial charge in [-0.1, -0.05) is 12.1 Å². The van der Waals surface area contributed by atoms with Gasteiger partial charge in [-0.3, -0.25) is 0 Å². The Kier molecular flexibility index (Phi) is 4.28. The van der Waals surface area contributed by atoms with E-state index in [0.29, 0.717) is 13.2 Å². The second-order valence-corrected chi connectivity index (χ2v) is 4.14. The monoisotopic (exact) mass is 246 g/mol. The number of rotatable bonds is 5. The van der Waals surface area contributed by atoms with Gasteiger partial charge in [0.2, 0.25) is 5.52 Å². The van der Waals surface area contributed by atoms with Crippen LogP contribution in [0.5, 0.6) is 0 Å². The fourth-order valence-electron chi connectivity index (χ4n) is 2.14. The molecule has 0 aliphatic carbocycles. The Balaban J connectivity index is 2.51. The van der Waals surface area contributed by atoms with Crippen molar-refractivity contribution in [3.05, 3.63) is 42.1 Å². The van der Waals surface area contributed by atoms with Gasteiger partial charge in [0, 0.05) is 30.9 Å². The molecule has 2 aromatic rings. The number of benzene rings is 1. The van der Waals surface area contributed by atoms with Crippen LogP contribution in [0.4, 0.5) is 0 Å². The van der Waals surface area contributed by atoms with E-state index in [1.807, 2.05) is 39.2 Å². The molecule has 2 rings (SSSR count). The minimum absolute atomic E-state index is 0.286. The fraction of sp³-hybridized carbons (Fsp3) is 0.400. The van der Waals surface area contributed by atoms with Crippen molar-refractivity contribution in [2.75, 3.05) is 13.2 Å². The number of pyridine rings is 1. The van der Waals surface area contributed by atoms with E-state index in [1.54, 1.807) is 0 Å². The van der Waals surface area contributed by atoms with Crippen LogP contribution in [-0.4, -0.2) is 13.2 Å². The summed E-state index contributed by atoms with van der Waals surface area (Å²) in [6, 6.07) is 10.4. The van der Waals surface area contributed by atoms with Gasteiger partial charge in [0.05, 0.1) is 5.39 Å². The highest BCUT2D eigenvalue weighted by Crippen LogP contribution is 2.25. The highest BCUT2D eigenvalue weighted by atomic mass is 16.7. The zero-order valence-electron chi connectivity index (χ0n) is 11.2. The van der Waals surface area contributed by atoms with E-state index in [1.165, 1.54) is 10.9 Å². The maximum atomic E-state index is 5.68. The second-order valence-electron chi connectivity index (χ2n) is 4.14. The normalized spacial score (nSPS) is 11.3. The Labute approximate surface area is 108 Å². The minimum Gasteiger partial charge on any atom is -0.349 e. The molecule has 18 heavy (non-hydrogen) atoms. The van der Waals surface area contributed by atoms with Crippen molar-refractivity contribution < 1.29 is 14.0 Å². The predicted molar refractivity (Wildman–Crippen MR) is 71.1 cm³/mol. The summed E-state index contributed by atoms with van der Waals surface area (Å²) in [7, 11) is 2.04. The maximum Gasteiger partial charge on any atom is 0.212 e. The third-order valence-corrected chi connectivity index (χ3v) is 2.96. The first-order valence-electron chi connectivity index (χ1n) is 6.38. The van der Waals surface area contributed by atoms with Crippen LogP contribution in [0, 0.1) is 0 Å². The first-order chi connectivity index (χ1) is 8.77. The molecule has 0 saturated heterocycles. The number of ether oxygens (including phenoxy) is 2. The molecule has 0 unspecified atom stereocenters. The molecule has 0 atom stereocenters. The van der Waals surface area contributed by atoms with E-state index in [2.05, 4.69) is 22.8 Å². The van der Waals surface area contributed by atoms with Crippen LogP contribution in [0.25, 0.3) is 10.9 Å². The van der Waals surface area contributed by atoms with Gasteiger partial charge in [0.15, 0.2) is 12.5 Å². The largest absolute Gasteiger partial charge is 0.349 e. The van der Waals surface area contributed by atoms with Gasteiger partial charge in [0.1, 0.15) is 7.05 Å². The molecule has 1 aromatic heterocycles. The van der Waals surface area contributed by atoms with Crippen molar-refractivity contribution in [1.29, 1.82) is 0 Å². The molecule has 0 saturated carbocycles. The molecule has 1 aromatic carbocycles. The number of fused-ring (bicyclic) bond motifs is 1. The summed E-state index contributed by atoms with van der Waals surface area (Å²) in [6.07, 6.45) is 1.76. The first kappa shape index (κ1) is 13.0. The van der Waals surface area contributed by atoms with Gasteiger partial charge >= 0.3 is 0 Å². The molecular formula is C15H20NO2+. The third kappa shape index (κ3) is 2.52. The maximum absolute atomic E-state index is 5.68. The minimum atomic E-state index is -0.286. The first-order valence-corrected chi connectivity index (χ1v) is 6.38. The predicted octanol–water partition coefficient (Wildman–Crippen LogP) is 2.74. The molecule has 0 fully saturated rings. The van der Waals surface area contributed by atoms with Crippen LogP contribution in [0.3, 0.4) is 0 Å². The molecule has 3 nitrogen and oxygen atoms in total. The molecular weight excluding hydrogens is 226 g/mol. The Morgan fingerprint density at radius 3 is 2.44 bits per heavy atom. The zero-order chi connectivity index (χ0) is 13.0. The Morgan fingerprint density at radius 2 is 1.78 bits per heavy atom. The lowest BCUT2D eigenvalue weighted by Gasteiger charge is -2.18. The smallest absolute Gasteiger partial charge is 0.212 e. The van der Waals surface area contributed by atoms with Crippen molar-refractivity contribution in [1.82, 2.24) is 0 Å². The highest BCUT2D eigenvalue weighted by molar-refractivity contribution is 5.79. The lowest BCUT2D eigenvalue weighted by atomic mass is 10.1. The molecule has 0 aliphatic heterocycles. The third-order valence-electron chi connectivity index (χ3n) is 2.96. The van der Waals surface area contributed by atoms with Gasteiger partial charge in [0.25, 0.3) is 0 Å². The van der Waals surface area contributed by atoms with E-state index in [-0.39, 0.29) is 6.29 Å². The number of hydrogen-bond donors (Lipinski definition) is 0. The summed E-state index contributed by atoms with van der Waals surface area (Å²) in [4.78, 5) is 0. The summed E-state index contributed by atoms with van der Waals surface area (Å²) >= 11 is 0. The Morgan fingerprint density at radius 1 is 1.06 bits per heavy atom. The lowest BCUT2D eigenvalue weighted by Crippen LogP contribution is -2.28. The summed E-state index contributed by atoms with van der Waals surface area (Å²) in [6.45, 7) is 5.24. The SMILES string of the molecule is CCOC(OCC)c1cccc2c1ccc[n+]2C. The Hall–Kier alpha value is -1.45. The molecule has 0 radical (unpaired) electrons. The van der Waals surface area contributed by atoms with Gasteiger partial charge in [-0.15, -0.1) is 0 Å². The van der Waals surface area contributed by atoms with Crippen LogP contribution in [0.15, 0.2) is 36.5 Å². The summed E-state index contributed by atoms with van der Waals surface area (Å²) in [5.74, 6) is 0. The van der Waals surface area contributed by atoms with Crippen LogP contribution in [-0.2, 0) is 16.5 Å². The van der Waals surface area contributed by atoms with Gasteiger partial charge in [-0.25, -0.2) is 4.57 Å². The van der Waals surface area contributed by atoms with E-state index in [9.17, 15) is 0 Å². The number of aryl methyl sites for hydroxylation is 1. The molecule has 0 bridgehead atoms. The van der Waals surface area contributed by atoms with Crippen molar-refractivity contribution in [2.24, 2.45) is 7.05 Å². The van der Waals surface area contributed by atoms with Crippen LogP contribution in [0.1, 0.15) is 25.7 Å². The average Bonchev–Trinajstić information content (AvgIpc) is 2.38. The summed E-state index contributed by atoms with van der Waals surface area (Å²) < 4.78 is 13.5. The molecule has 0 amide bonds. The molecule has 1 heterocycles. The average molecular weight is 246 g/mol. The topological polar surface area (TPSA) is 22.3 Å². The zero-order valence-corrected chi connectivity index (χ0v) is 11.2. The highest BCUT2D eigenvalue weighted by Gasteiger charge is 2.17. The Bertz CT molecular complexity index is 519. The van der Waals surface area contributed by atoms with E-state index in [4.69, 9.17) is 9.47 Å². The van der Waals surface area contributed by atoms with Crippen LogP contribution < -0.4 is 4.57 Å². The molecule has 96 valence electrons. The van der Waals surface area contributed by atoms with Crippen molar-refractivity contribution in [3.8, 4) is 0 Å². The van der Waals surface area contributed by atoms with Crippen LogP contribution in [0.2, 0.25) is 0 Å². The standard InChI is InChI=1S/C15H20NO2/c1-4-17-15(18-5-2)13-8-6-10-14-12(13)9-7-11-16(14)3/h6-11,15H,4-5H2,1-3H3/q+1. The van der Waals surface area contributed by atoms with Gasteiger partial charge in [-0.05, 0) is 19.9 Å². The van der Waals surface area contributed by atoms with Gasteiger partial charge in [-0.2, -0.15) is 0 Å². The van der Waals surface area contributed by atoms with Crippen molar-refractivity contribution in [2.45, 2.75) is 20.1 Å². The summed E-state index contributed by atoms with van der Waals surface area (Å²) in [5, 5.41) is 1.18. The molecule has 0 N–H and O–H groups in total. The van der Waals surface area contributed by atoms with E-state index < -0.39 is 0 Å². The molecule has 0 aliphatic rings. The lowest BCUT2D eigenvalue weighted by molar-refractivity contribution is -0.644. The number of hydrogen-bond acceptors (Lipinski definition) is 2. The van der Waals surface area contributed by atoms with E-state index in [0.717, 1.165) is 5.56 Å². The second kappa shape index (κ2) is 5.94.